The van der Waals surface area contributed by atoms with Crippen molar-refractivity contribution in [3.05, 3.63) is 51.4 Å². The highest BCUT2D eigenvalue weighted by Crippen LogP contribution is 2.33. The van der Waals surface area contributed by atoms with E-state index in [4.69, 9.17) is 4.52 Å². The standard InChI is InChI=1S/C19H17N5O4S2/c1-11-6-14(22-28-11)21-15(25)7-23(2)16(26)8-24-10-20-18-17(19(24)27)12(9-30-18)13-4-3-5-29-13/h3-6,9-10H,7-8H2,1-2H3,(H,21,22,25). The van der Waals surface area contributed by atoms with Crippen molar-refractivity contribution in [3.8, 4) is 10.4 Å². The largest absolute Gasteiger partial charge is 0.360 e. The van der Waals surface area contributed by atoms with E-state index < -0.39 is 11.8 Å². The van der Waals surface area contributed by atoms with Crippen molar-refractivity contribution in [3.63, 3.8) is 0 Å². The van der Waals surface area contributed by atoms with Gasteiger partial charge in [-0.1, -0.05) is 11.2 Å². The van der Waals surface area contributed by atoms with E-state index in [-0.39, 0.29) is 24.5 Å². The zero-order valence-corrected chi connectivity index (χ0v) is 17.7. The van der Waals surface area contributed by atoms with Gasteiger partial charge in [0.2, 0.25) is 11.8 Å². The van der Waals surface area contributed by atoms with Crippen LogP contribution in [0.5, 0.6) is 0 Å². The Bertz CT molecular complexity index is 1270. The predicted octanol–water partition coefficient (Wildman–Crippen LogP) is 2.58. The summed E-state index contributed by atoms with van der Waals surface area (Å²) in [4.78, 5) is 44.8. The smallest absolute Gasteiger partial charge is 0.263 e. The number of likely N-dealkylation sites (N-methyl/N-ethyl adjacent to an activating group) is 1. The lowest BCUT2D eigenvalue weighted by atomic mass is 10.2. The molecule has 1 N–H and O–H groups in total. The lowest BCUT2D eigenvalue weighted by molar-refractivity contribution is -0.133. The first-order valence-electron chi connectivity index (χ1n) is 8.90. The Labute approximate surface area is 178 Å². The van der Waals surface area contributed by atoms with E-state index in [1.807, 2.05) is 22.9 Å². The maximum Gasteiger partial charge on any atom is 0.263 e. The summed E-state index contributed by atoms with van der Waals surface area (Å²) in [5.74, 6) is 0.0330. The van der Waals surface area contributed by atoms with Gasteiger partial charge in [-0.25, -0.2) is 4.98 Å². The number of aryl methyl sites for hydroxylation is 1. The van der Waals surface area contributed by atoms with E-state index in [0.29, 0.717) is 16.0 Å². The molecule has 0 aromatic carbocycles. The molecule has 0 unspecified atom stereocenters. The highest BCUT2D eigenvalue weighted by Gasteiger charge is 2.18. The van der Waals surface area contributed by atoms with Gasteiger partial charge in [-0.05, 0) is 18.4 Å². The van der Waals surface area contributed by atoms with Crippen LogP contribution < -0.4 is 10.9 Å². The van der Waals surface area contributed by atoms with E-state index in [1.54, 1.807) is 13.0 Å². The zero-order chi connectivity index (χ0) is 21.3. The molecule has 154 valence electrons. The molecule has 0 aliphatic heterocycles. The SMILES string of the molecule is Cc1cc(NC(=O)CN(C)C(=O)Cn2cnc3scc(-c4cccs4)c3c2=O)no1. The highest BCUT2D eigenvalue weighted by molar-refractivity contribution is 7.18. The van der Waals surface area contributed by atoms with Gasteiger partial charge in [-0.2, -0.15) is 0 Å². The van der Waals surface area contributed by atoms with E-state index in [2.05, 4.69) is 15.5 Å². The summed E-state index contributed by atoms with van der Waals surface area (Å²) in [5, 5.41) is 10.6. The Balaban J connectivity index is 1.48. The van der Waals surface area contributed by atoms with Gasteiger partial charge < -0.3 is 14.7 Å². The first-order chi connectivity index (χ1) is 14.4. The number of fused-ring (bicyclic) bond motifs is 1. The molecular weight excluding hydrogens is 426 g/mol. The van der Waals surface area contributed by atoms with Crippen molar-refractivity contribution in [2.24, 2.45) is 0 Å². The summed E-state index contributed by atoms with van der Waals surface area (Å²) >= 11 is 2.93. The van der Waals surface area contributed by atoms with Gasteiger partial charge in [0, 0.05) is 28.9 Å². The summed E-state index contributed by atoms with van der Waals surface area (Å²) in [6.45, 7) is 1.31. The fraction of sp³-hybridized carbons (Fsp3) is 0.211. The zero-order valence-electron chi connectivity index (χ0n) is 16.1. The Morgan fingerprint density at radius 1 is 1.33 bits per heavy atom. The summed E-state index contributed by atoms with van der Waals surface area (Å²) in [5.41, 5.74) is 0.536. The maximum atomic E-state index is 13.0. The third-order valence-electron chi connectivity index (χ3n) is 4.35. The van der Waals surface area contributed by atoms with Crippen LogP contribution in [0.3, 0.4) is 0 Å². The number of carbonyl (C=O) groups is 2. The average Bonchev–Trinajstić information content (AvgIpc) is 3.44. The second kappa shape index (κ2) is 8.20. The predicted molar refractivity (Wildman–Crippen MR) is 115 cm³/mol. The van der Waals surface area contributed by atoms with Crippen LogP contribution >= 0.6 is 22.7 Å². The molecule has 30 heavy (non-hydrogen) atoms. The van der Waals surface area contributed by atoms with Crippen molar-refractivity contribution in [1.82, 2.24) is 19.6 Å². The molecule has 4 heterocycles. The maximum absolute atomic E-state index is 13.0. The van der Waals surface area contributed by atoms with Crippen molar-refractivity contribution < 1.29 is 14.1 Å². The van der Waals surface area contributed by atoms with Crippen molar-refractivity contribution >= 4 is 50.5 Å². The van der Waals surface area contributed by atoms with Gasteiger partial charge in [0.1, 0.15) is 17.1 Å². The molecule has 0 radical (unpaired) electrons. The molecule has 2 amide bonds. The van der Waals surface area contributed by atoms with Crippen LogP contribution in [-0.4, -0.2) is 45.0 Å². The number of nitrogens with zero attached hydrogens (tertiary/aromatic N) is 4. The number of hydrogen-bond donors (Lipinski definition) is 1. The Hall–Kier alpha value is -3.31. The molecule has 0 saturated carbocycles. The number of thiophene rings is 2. The summed E-state index contributed by atoms with van der Waals surface area (Å²) in [6, 6.07) is 5.44. The molecule has 9 nitrogen and oxygen atoms in total. The summed E-state index contributed by atoms with van der Waals surface area (Å²) in [7, 11) is 1.49. The molecular formula is C19H17N5O4S2. The fourth-order valence-corrected chi connectivity index (χ4v) is 4.59. The van der Waals surface area contributed by atoms with E-state index >= 15 is 0 Å². The Morgan fingerprint density at radius 3 is 2.87 bits per heavy atom. The highest BCUT2D eigenvalue weighted by atomic mass is 32.1. The van der Waals surface area contributed by atoms with Crippen molar-refractivity contribution in [1.29, 1.82) is 0 Å². The first-order valence-corrected chi connectivity index (χ1v) is 10.7. The van der Waals surface area contributed by atoms with Gasteiger partial charge >= 0.3 is 0 Å². The van der Waals surface area contributed by atoms with Crippen molar-refractivity contribution in [2.45, 2.75) is 13.5 Å². The number of nitrogens with one attached hydrogen (secondary N) is 1. The number of rotatable bonds is 6. The van der Waals surface area contributed by atoms with Crippen LogP contribution in [0.2, 0.25) is 0 Å². The molecule has 0 bridgehead atoms. The minimum atomic E-state index is -0.419. The summed E-state index contributed by atoms with van der Waals surface area (Å²) < 4.78 is 6.15. The van der Waals surface area contributed by atoms with Gasteiger partial charge in [0.15, 0.2) is 5.82 Å². The molecule has 0 saturated heterocycles. The minimum absolute atomic E-state index is 0.186. The van der Waals surface area contributed by atoms with Crippen LogP contribution in [-0.2, 0) is 16.1 Å². The van der Waals surface area contributed by atoms with E-state index in [1.165, 1.54) is 45.5 Å². The summed E-state index contributed by atoms with van der Waals surface area (Å²) in [6.07, 6.45) is 1.36. The third-order valence-corrected chi connectivity index (χ3v) is 6.14. The average molecular weight is 444 g/mol. The molecule has 4 aromatic rings. The Morgan fingerprint density at radius 2 is 2.17 bits per heavy atom. The number of amides is 2. The molecule has 0 aliphatic carbocycles. The molecule has 0 spiro atoms. The van der Waals surface area contributed by atoms with Crippen LogP contribution in [0.4, 0.5) is 5.82 Å². The number of carbonyl (C=O) groups excluding carboxylic acids is 2. The van der Waals surface area contributed by atoms with Crippen molar-refractivity contribution in [2.75, 3.05) is 18.9 Å². The van der Waals surface area contributed by atoms with Crippen LogP contribution in [0.15, 0.2) is 44.6 Å². The normalized spacial score (nSPS) is 11.0. The molecule has 0 aliphatic rings. The van der Waals surface area contributed by atoms with Crippen LogP contribution in [0, 0.1) is 6.92 Å². The molecule has 0 fully saturated rings. The number of hydrogen-bond acceptors (Lipinski definition) is 8. The molecule has 4 rings (SSSR count). The van der Waals surface area contributed by atoms with Crippen LogP contribution in [0.25, 0.3) is 20.7 Å². The lowest BCUT2D eigenvalue weighted by Gasteiger charge is -2.17. The minimum Gasteiger partial charge on any atom is -0.360 e. The van der Waals surface area contributed by atoms with Gasteiger partial charge in [-0.3, -0.25) is 19.0 Å². The number of anilines is 1. The molecule has 4 aromatic heterocycles. The van der Waals surface area contributed by atoms with E-state index in [9.17, 15) is 14.4 Å². The molecule has 11 heteroatoms. The Kier molecular flexibility index (Phi) is 5.46. The lowest BCUT2D eigenvalue weighted by Crippen LogP contribution is -2.38. The van der Waals surface area contributed by atoms with Gasteiger partial charge in [-0.15, -0.1) is 22.7 Å². The third kappa shape index (κ3) is 4.02. The van der Waals surface area contributed by atoms with Gasteiger partial charge in [0.05, 0.1) is 18.3 Å². The quantitative estimate of drug-likeness (QED) is 0.490. The monoisotopic (exact) mass is 443 g/mol. The second-order valence-corrected chi connectivity index (χ2v) is 8.41. The fourth-order valence-electron chi connectivity index (χ4n) is 2.87. The number of aromatic nitrogens is 3. The van der Waals surface area contributed by atoms with Gasteiger partial charge in [0.25, 0.3) is 5.56 Å². The van der Waals surface area contributed by atoms with E-state index in [0.717, 1.165) is 10.4 Å². The first kappa shape index (κ1) is 20.0. The van der Waals surface area contributed by atoms with Crippen LogP contribution in [0.1, 0.15) is 5.76 Å². The molecule has 0 atom stereocenters. The second-order valence-electron chi connectivity index (χ2n) is 6.61. The topological polar surface area (TPSA) is 110 Å².